The van der Waals surface area contributed by atoms with Crippen molar-refractivity contribution in [2.45, 2.75) is 111 Å². The lowest BCUT2D eigenvalue weighted by atomic mass is 9.79. The minimum absolute atomic E-state index is 0.161. The van der Waals surface area contributed by atoms with Gasteiger partial charge in [-0.15, -0.1) is 0 Å². The summed E-state index contributed by atoms with van der Waals surface area (Å²) < 4.78 is 5.89. The Morgan fingerprint density at radius 3 is 1.02 bits per heavy atom. The molecular formula is C95H98BBr3I2N2O3. The Hall–Kier alpha value is -7.99. The maximum absolute atomic E-state index is 12.2. The molecule has 0 fully saturated rings. The maximum atomic E-state index is 12.2. The van der Waals surface area contributed by atoms with Crippen LogP contribution in [0.25, 0.3) is 55.6 Å². The predicted octanol–water partition coefficient (Wildman–Crippen LogP) is 27.1. The molecule has 0 atom stereocenters. The van der Waals surface area contributed by atoms with Crippen LogP contribution in [-0.4, -0.2) is 22.9 Å². The normalized spacial score (nSPS) is 10.3. The number of halogens is 5. The SMILES string of the molecule is CC.Cc1cc(Br)c(-c2ccccc2)cc1C.Cc1cc2c(cc1C)-c1ccccc1C2=O.Cc1ccc(-c2ccccc2I)cc1C.Cc1ccc(-c2ccccc2I)cc1C.Cc1ccc(-c2ccccc2N)cc1C.Cc1ccc(B(O)O)cc1C.Cc1ccc(Br)cc1C.Nc1ccccc1Br. The molecule has 0 amide bonds. The molecule has 106 heavy (non-hydrogen) atoms. The van der Waals surface area contributed by atoms with Crippen LogP contribution in [0, 0.1) is 104 Å². The molecule has 1 aliphatic rings. The molecule has 14 rings (SSSR count). The summed E-state index contributed by atoms with van der Waals surface area (Å²) >= 11 is 15.1. The molecule has 0 spiro atoms. The zero-order valence-corrected chi connectivity index (χ0v) is 72.9. The van der Waals surface area contributed by atoms with Crippen LogP contribution in [0.2, 0.25) is 0 Å². The van der Waals surface area contributed by atoms with Gasteiger partial charge in [-0.1, -0.05) is 258 Å². The molecule has 5 nitrogen and oxygen atoms in total. The zero-order chi connectivity index (χ0) is 77.9. The second-order valence-corrected chi connectivity index (χ2v) is 31.0. The summed E-state index contributed by atoms with van der Waals surface area (Å²) in [6.45, 7) is 33.4. The van der Waals surface area contributed by atoms with Gasteiger partial charge in [0.05, 0.1) is 0 Å². The van der Waals surface area contributed by atoms with Crippen molar-refractivity contribution in [3.63, 3.8) is 0 Å². The number of carbonyl (C=O) groups excluding carboxylic acids is 1. The standard InChI is InChI=1S/C15H12O.C14H13Br.2C14H13I.C14H15N.C8H11BO2.C8H9Br.C6H6BrN.C2H6/c1-9-7-13-11-5-3-4-6-12(11)15(16)14(13)8-10(9)2;1-10-8-13(14(15)9-11(10)2)12-6-4-3-5-7-12;3*1-10-7-8-12(9-11(10)2)13-5-3-4-6-14(13)15;1-6-3-4-8(9(10)11)5-7(6)2;1-6-3-4-8(9)5-7(6)2;7-5-3-1-2-4-6(5)8;1-2/h3-8H,1-2H3;3*3-9H,1-2H3;3-9H,15H2,1-2H3;3-5,10-11H,1-2H3;3-5H,1-2H3;1-4H,8H2;1-2H3. The van der Waals surface area contributed by atoms with Crippen molar-refractivity contribution in [1.82, 2.24) is 0 Å². The van der Waals surface area contributed by atoms with E-state index >= 15 is 0 Å². The lowest BCUT2D eigenvalue weighted by Crippen LogP contribution is -2.29. The molecule has 0 bridgehead atoms. The van der Waals surface area contributed by atoms with Gasteiger partial charge in [-0.2, -0.15) is 0 Å². The molecule has 11 heteroatoms. The first-order valence-corrected chi connectivity index (χ1v) is 39.9. The summed E-state index contributed by atoms with van der Waals surface area (Å²) in [5, 5.41) is 17.6. The summed E-state index contributed by atoms with van der Waals surface area (Å²) in [4.78, 5) is 12.2. The monoisotopic (exact) mass is 1820 g/mol. The Morgan fingerprint density at radius 1 is 0.274 bits per heavy atom. The molecule has 0 aromatic heterocycles. The van der Waals surface area contributed by atoms with Crippen molar-refractivity contribution >= 4 is 123 Å². The number of hydrogen-bond acceptors (Lipinski definition) is 5. The van der Waals surface area contributed by atoms with Crippen molar-refractivity contribution in [1.29, 1.82) is 0 Å². The molecule has 0 aliphatic heterocycles. The molecule has 6 N–H and O–H groups in total. The zero-order valence-electron chi connectivity index (χ0n) is 63.8. The number of nitrogens with two attached hydrogens (primary N) is 2. The minimum atomic E-state index is -1.35. The second-order valence-electron chi connectivity index (χ2n) is 26.1. The van der Waals surface area contributed by atoms with E-state index < -0.39 is 7.12 Å². The first kappa shape index (κ1) is 86.9. The van der Waals surface area contributed by atoms with E-state index in [0.29, 0.717) is 5.46 Å². The van der Waals surface area contributed by atoms with Gasteiger partial charge in [-0.25, -0.2) is 0 Å². The van der Waals surface area contributed by atoms with Crippen molar-refractivity contribution in [2.24, 2.45) is 0 Å². The number of ketones is 1. The van der Waals surface area contributed by atoms with Gasteiger partial charge in [-0.3, -0.25) is 4.79 Å². The van der Waals surface area contributed by atoms with E-state index in [2.05, 4.69) is 339 Å². The van der Waals surface area contributed by atoms with E-state index in [1.54, 1.807) is 12.1 Å². The smallest absolute Gasteiger partial charge is 0.423 e. The number of nitrogen functional groups attached to an aromatic ring is 2. The van der Waals surface area contributed by atoms with Crippen LogP contribution in [0.15, 0.2) is 280 Å². The topological polar surface area (TPSA) is 110 Å². The average molecular weight is 1820 g/mol. The van der Waals surface area contributed by atoms with Crippen molar-refractivity contribution in [3.05, 3.63) is 376 Å². The number of fused-ring (bicyclic) bond motifs is 3. The van der Waals surface area contributed by atoms with E-state index in [4.69, 9.17) is 21.5 Å². The fourth-order valence-corrected chi connectivity index (χ4v) is 13.7. The molecule has 0 unspecified atom stereocenters. The first-order valence-electron chi connectivity index (χ1n) is 35.3. The Balaban J connectivity index is 0.000000191. The highest BCUT2D eigenvalue weighted by Gasteiger charge is 2.26. The first-order chi connectivity index (χ1) is 50.5. The van der Waals surface area contributed by atoms with Crippen LogP contribution >= 0.6 is 93.0 Å². The fraction of sp³-hybridized carbons (Fsp3) is 0.168. The molecule has 1 aliphatic carbocycles. The summed E-state index contributed by atoms with van der Waals surface area (Å²) in [6, 6.07) is 90.7. The van der Waals surface area contributed by atoms with E-state index in [-0.39, 0.29) is 5.78 Å². The van der Waals surface area contributed by atoms with Crippen LogP contribution in [0.4, 0.5) is 11.4 Å². The number of hydrogen-bond donors (Lipinski definition) is 4. The fourth-order valence-electron chi connectivity index (χ4n) is 10.9. The molecule has 0 saturated heterocycles. The Morgan fingerprint density at radius 2 is 0.613 bits per heavy atom. The molecular weight excluding hydrogens is 1720 g/mol. The van der Waals surface area contributed by atoms with E-state index in [1.807, 2.05) is 120 Å². The van der Waals surface area contributed by atoms with Gasteiger partial charge in [-0.05, 0) is 346 Å². The third kappa shape index (κ3) is 25.6. The van der Waals surface area contributed by atoms with Crippen LogP contribution in [0.5, 0.6) is 0 Å². The summed E-state index contributed by atoms with van der Waals surface area (Å²) in [5.74, 6) is 0.161. The third-order valence-electron chi connectivity index (χ3n) is 18.4. The molecule has 544 valence electrons. The van der Waals surface area contributed by atoms with Crippen molar-refractivity contribution in [2.75, 3.05) is 11.5 Å². The predicted molar refractivity (Wildman–Crippen MR) is 487 cm³/mol. The molecule has 0 saturated carbocycles. The highest BCUT2D eigenvalue weighted by molar-refractivity contribution is 14.1. The van der Waals surface area contributed by atoms with Gasteiger partial charge in [0, 0.05) is 48.6 Å². The number of aryl methyl sites for hydroxylation is 14. The average Bonchev–Trinajstić information content (AvgIpc) is 1.61. The molecule has 0 heterocycles. The van der Waals surface area contributed by atoms with E-state index in [0.717, 1.165) is 63.7 Å². The molecule has 13 aromatic carbocycles. The van der Waals surface area contributed by atoms with E-state index in [9.17, 15) is 4.79 Å². The van der Waals surface area contributed by atoms with Crippen molar-refractivity contribution < 1.29 is 14.8 Å². The number of para-hydroxylation sites is 2. The van der Waals surface area contributed by atoms with Gasteiger partial charge in [0.2, 0.25) is 0 Å². The number of benzene rings is 13. The van der Waals surface area contributed by atoms with Crippen LogP contribution in [0.1, 0.15) is 108 Å². The minimum Gasteiger partial charge on any atom is -0.423 e. The van der Waals surface area contributed by atoms with Crippen molar-refractivity contribution in [3.8, 4) is 55.6 Å². The third-order valence-corrected chi connectivity index (χ3v) is 22.1. The highest BCUT2D eigenvalue weighted by atomic mass is 127. The summed E-state index contributed by atoms with van der Waals surface area (Å²) in [7, 11) is -1.35. The van der Waals surface area contributed by atoms with Gasteiger partial charge in [0.25, 0.3) is 0 Å². The van der Waals surface area contributed by atoms with Crippen LogP contribution < -0.4 is 16.9 Å². The lowest BCUT2D eigenvalue weighted by Gasteiger charge is -2.08. The summed E-state index contributed by atoms with van der Waals surface area (Å²) in [6.07, 6.45) is 0. The number of rotatable bonds is 5. The molecule has 0 radical (unpaired) electrons. The highest BCUT2D eigenvalue weighted by Crippen LogP contribution is 2.38. The quantitative estimate of drug-likeness (QED) is 0.0780. The number of carbonyl (C=O) groups is 1. The Labute approximate surface area is 685 Å². The van der Waals surface area contributed by atoms with Crippen LogP contribution in [-0.2, 0) is 0 Å². The van der Waals surface area contributed by atoms with Gasteiger partial charge in [0.1, 0.15) is 0 Å². The van der Waals surface area contributed by atoms with Gasteiger partial charge in [0.15, 0.2) is 5.78 Å². The van der Waals surface area contributed by atoms with E-state index in [1.165, 1.54) is 113 Å². The Bertz CT molecular complexity index is 4830. The largest absolute Gasteiger partial charge is 0.488 e. The Kier molecular flexibility index (Phi) is 35.4. The van der Waals surface area contributed by atoms with Gasteiger partial charge < -0.3 is 21.5 Å². The molecule has 13 aromatic rings. The lowest BCUT2D eigenvalue weighted by molar-refractivity contribution is 0.104. The van der Waals surface area contributed by atoms with Gasteiger partial charge >= 0.3 is 7.12 Å². The second kappa shape index (κ2) is 43.1. The number of anilines is 2. The summed E-state index contributed by atoms with van der Waals surface area (Å²) in [5.41, 5.74) is 45.5. The van der Waals surface area contributed by atoms with Crippen LogP contribution in [0.3, 0.4) is 0 Å². The maximum Gasteiger partial charge on any atom is 0.488 e.